The lowest BCUT2D eigenvalue weighted by Crippen LogP contribution is -2.25. The van der Waals surface area contributed by atoms with Gasteiger partial charge in [0.15, 0.2) is 0 Å². The maximum absolute atomic E-state index is 13.5. The van der Waals surface area contributed by atoms with E-state index in [1.54, 1.807) is 12.3 Å². The molecule has 1 aliphatic rings. The number of aromatic nitrogens is 2. The van der Waals surface area contributed by atoms with Crippen LogP contribution in [0.1, 0.15) is 26.0 Å². The van der Waals surface area contributed by atoms with E-state index >= 15 is 0 Å². The number of halogens is 2. The van der Waals surface area contributed by atoms with Gasteiger partial charge in [-0.15, -0.1) is 0 Å². The number of ether oxygens (including phenoxy) is 1. The van der Waals surface area contributed by atoms with Crippen LogP contribution in [0.15, 0.2) is 48.8 Å². The number of amides is 1. The average molecular weight is 397 g/mol. The molecule has 3 heterocycles. The molecule has 0 spiro atoms. The van der Waals surface area contributed by atoms with Gasteiger partial charge in [0.2, 0.25) is 5.91 Å². The van der Waals surface area contributed by atoms with Gasteiger partial charge in [-0.3, -0.25) is 14.8 Å². The van der Waals surface area contributed by atoms with Crippen LogP contribution in [0.25, 0.3) is 22.0 Å². The van der Waals surface area contributed by atoms with Crippen molar-refractivity contribution in [3.8, 4) is 16.9 Å². The summed E-state index contributed by atoms with van der Waals surface area (Å²) in [7, 11) is 0. The zero-order chi connectivity index (χ0) is 20.6. The molecule has 1 aliphatic heterocycles. The fourth-order valence-electron chi connectivity index (χ4n) is 3.49. The second-order valence-electron chi connectivity index (χ2n) is 7.46. The van der Waals surface area contributed by atoms with Crippen LogP contribution in [0.5, 0.6) is 5.75 Å². The smallest absolute Gasteiger partial charge is 0.286 e. The first kappa shape index (κ1) is 19.2. The van der Waals surface area contributed by atoms with E-state index in [1.807, 2.05) is 31.2 Å². The van der Waals surface area contributed by atoms with Gasteiger partial charge < -0.3 is 10.1 Å². The molecule has 150 valence electrons. The number of pyridine rings is 2. The molecule has 4 rings (SSSR count). The maximum Gasteiger partial charge on any atom is 0.286 e. The molecule has 1 saturated heterocycles. The van der Waals surface area contributed by atoms with Crippen molar-refractivity contribution in [3.05, 3.63) is 54.5 Å². The summed E-state index contributed by atoms with van der Waals surface area (Å²) in [5.74, 6) is -2.22. The first-order valence-electron chi connectivity index (χ1n) is 9.48. The van der Waals surface area contributed by atoms with Crippen LogP contribution in [-0.4, -0.2) is 28.5 Å². The number of hydrogen-bond acceptors (Lipinski definition) is 4. The number of hydrogen-bond donors (Lipinski definition) is 1. The van der Waals surface area contributed by atoms with E-state index in [4.69, 9.17) is 4.74 Å². The summed E-state index contributed by atoms with van der Waals surface area (Å²) < 4.78 is 33.1. The van der Waals surface area contributed by atoms with E-state index in [0.717, 1.165) is 23.4 Å². The van der Waals surface area contributed by atoms with Crippen molar-refractivity contribution in [1.29, 1.82) is 0 Å². The number of fused-ring (bicyclic) bond motifs is 1. The SMILES string of the molecule is C[C@@H](Oc1cc(-c2ccc(C(C)(F)F)nc2)cc2ncccc12)[C@H]1CNC(=O)C1. The Labute approximate surface area is 167 Å². The van der Waals surface area contributed by atoms with Crippen molar-refractivity contribution in [1.82, 2.24) is 15.3 Å². The van der Waals surface area contributed by atoms with Crippen molar-refractivity contribution < 1.29 is 18.3 Å². The molecule has 1 amide bonds. The number of alkyl halides is 2. The Bertz CT molecular complexity index is 1050. The number of nitrogens with zero attached hydrogens (tertiary/aromatic N) is 2. The van der Waals surface area contributed by atoms with Gasteiger partial charge in [-0.2, -0.15) is 8.78 Å². The van der Waals surface area contributed by atoms with E-state index < -0.39 is 5.92 Å². The van der Waals surface area contributed by atoms with Crippen LogP contribution in [0.3, 0.4) is 0 Å². The summed E-state index contributed by atoms with van der Waals surface area (Å²) in [6.45, 7) is 3.36. The van der Waals surface area contributed by atoms with Crippen LogP contribution in [0, 0.1) is 5.92 Å². The van der Waals surface area contributed by atoms with Crippen molar-refractivity contribution >= 4 is 16.8 Å². The monoisotopic (exact) mass is 397 g/mol. The molecule has 1 N–H and O–H groups in total. The molecule has 2 atom stereocenters. The highest BCUT2D eigenvalue weighted by molar-refractivity contribution is 5.90. The standard InChI is InChI=1S/C22H21F2N3O2/c1-13(16-10-21(28)27-12-16)29-19-9-15(8-18-17(19)4-3-7-25-18)14-5-6-20(26-11-14)22(2,23)24/h3-9,11,13,16H,10,12H2,1-2H3,(H,27,28)/t13-,16-/m1/s1. The van der Waals surface area contributed by atoms with Gasteiger partial charge in [0, 0.05) is 49.2 Å². The largest absolute Gasteiger partial charge is 0.490 e. The Morgan fingerprint density at radius 3 is 2.69 bits per heavy atom. The Kier molecular flexibility index (Phi) is 4.90. The highest BCUT2D eigenvalue weighted by Gasteiger charge is 2.28. The molecule has 0 radical (unpaired) electrons. The minimum absolute atomic E-state index is 0.0321. The highest BCUT2D eigenvalue weighted by atomic mass is 19.3. The van der Waals surface area contributed by atoms with Gasteiger partial charge in [-0.25, -0.2) is 0 Å². The van der Waals surface area contributed by atoms with Crippen LogP contribution in [0.2, 0.25) is 0 Å². The van der Waals surface area contributed by atoms with Gasteiger partial charge >= 0.3 is 0 Å². The van der Waals surface area contributed by atoms with Crippen LogP contribution in [0.4, 0.5) is 8.78 Å². The van der Waals surface area contributed by atoms with Gasteiger partial charge in [0.1, 0.15) is 17.5 Å². The molecule has 0 bridgehead atoms. The molecule has 3 aromatic rings. The lowest BCUT2D eigenvalue weighted by molar-refractivity contribution is -0.119. The van der Waals surface area contributed by atoms with E-state index in [0.29, 0.717) is 24.3 Å². The summed E-state index contributed by atoms with van der Waals surface area (Å²) in [6.07, 6.45) is 3.39. The molecule has 29 heavy (non-hydrogen) atoms. The topological polar surface area (TPSA) is 64.1 Å². The van der Waals surface area contributed by atoms with Crippen molar-refractivity contribution in [3.63, 3.8) is 0 Å². The first-order chi connectivity index (χ1) is 13.8. The second-order valence-corrected chi connectivity index (χ2v) is 7.46. The predicted octanol–water partition coefficient (Wildman–Crippen LogP) is 4.31. The molecular weight excluding hydrogens is 376 g/mol. The third-order valence-electron chi connectivity index (χ3n) is 5.22. The van der Waals surface area contributed by atoms with E-state index in [9.17, 15) is 13.6 Å². The van der Waals surface area contributed by atoms with Crippen LogP contribution >= 0.6 is 0 Å². The van der Waals surface area contributed by atoms with Gasteiger partial charge in [-0.05, 0) is 42.8 Å². The lowest BCUT2D eigenvalue weighted by Gasteiger charge is -2.21. The van der Waals surface area contributed by atoms with Crippen molar-refractivity contribution in [2.75, 3.05) is 6.54 Å². The molecule has 7 heteroatoms. The highest BCUT2D eigenvalue weighted by Crippen LogP contribution is 2.34. The van der Waals surface area contributed by atoms with Crippen molar-refractivity contribution in [2.45, 2.75) is 32.3 Å². The number of carbonyl (C=O) groups excluding carboxylic acids is 1. The molecule has 2 aromatic heterocycles. The number of rotatable bonds is 5. The maximum atomic E-state index is 13.5. The number of carbonyl (C=O) groups is 1. The van der Waals surface area contributed by atoms with E-state index in [2.05, 4.69) is 15.3 Å². The van der Waals surface area contributed by atoms with Crippen LogP contribution < -0.4 is 10.1 Å². The molecule has 5 nitrogen and oxygen atoms in total. The normalized spacial score (nSPS) is 17.9. The molecule has 1 fully saturated rings. The molecular formula is C22H21F2N3O2. The third-order valence-corrected chi connectivity index (χ3v) is 5.22. The molecule has 0 saturated carbocycles. The molecule has 1 aromatic carbocycles. The Hall–Kier alpha value is -3.09. The summed E-state index contributed by atoms with van der Waals surface area (Å²) in [5.41, 5.74) is 1.93. The minimum atomic E-state index is -2.99. The predicted molar refractivity (Wildman–Crippen MR) is 106 cm³/mol. The third kappa shape index (κ3) is 4.04. The fourth-order valence-corrected chi connectivity index (χ4v) is 3.49. The zero-order valence-electron chi connectivity index (χ0n) is 16.2. The molecule has 0 unspecified atom stereocenters. The average Bonchev–Trinajstić information content (AvgIpc) is 3.14. The molecule has 0 aliphatic carbocycles. The van der Waals surface area contributed by atoms with E-state index in [-0.39, 0.29) is 23.6 Å². The van der Waals surface area contributed by atoms with E-state index in [1.165, 1.54) is 12.3 Å². The summed E-state index contributed by atoms with van der Waals surface area (Å²) in [4.78, 5) is 19.8. The first-order valence-corrected chi connectivity index (χ1v) is 9.48. The summed E-state index contributed by atoms with van der Waals surface area (Å²) >= 11 is 0. The van der Waals surface area contributed by atoms with Gasteiger partial charge in [-0.1, -0.05) is 6.07 Å². The van der Waals surface area contributed by atoms with Gasteiger partial charge in [0.25, 0.3) is 5.92 Å². The summed E-state index contributed by atoms with van der Waals surface area (Å²) in [5, 5.41) is 3.68. The minimum Gasteiger partial charge on any atom is -0.490 e. The Morgan fingerprint density at radius 1 is 1.21 bits per heavy atom. The van der Waals surface area contributed by atoms with Gasteiger partial charge in [0.05, 0.1) is 5.52 Å². The fraction of sp³-hybridized carbons (Fsp3) is 0.318. The van der Waals surface area contributed by atoms with Crippen LogP contribution in [-0.2, 0) is 10.7 Å². The quantitative estimate of drug-likeness (QED) is 0.697. The Morgan fingerprint density at radius 2 is 2.03 bits per heavy atom. The summed E-state index contributed by atoms with van der Waals surface area (Å²) in [6, 6.07) is 10.5. The second kappa shape index (κ2) is 7.39. The lowest BCUT2D eigenvalue weighted by atomic mass is 10.0. The number of benzene rings is 1. The Balaban J connectivity index is 1.70. The van der Waals surface area contributed by atoms with Crippen molar-refractivity contribution in [2.24, 2.45) is 5.92 Å². The zero-order valence-corrected chi connectivity index (χ0v) is 16.2. The number of nitrogens with one attached hydrogen (secondary N) is 1.